The summed E-state index contributed by atoms with van der Waals surface area (Å²) in [5, 5.41) is 24.5. The smallest absolute Gasteiger partial charge is 0.339 e. The van der Waals surface area contributed by atoms with Gasteiger partial charge in [-0.2, -0.15) is 0 Å². The Hall–Kier alpha value is -2.44. The average Bonchev–Trinajstić information content (AvgIpc) is 2.80. The first kappa shape index (κ1) is 14.5. The van der Waals surface area contributed by atoms with Crippen molar-refractivity contribution in [3.05, 3.63) is 59.3 Å². The van der Waals surface area contributed by atoms with Gasteiger partial charge in [-0.05, 0) is 6.92 Å². The zero-order valence-corrected chi connectivity index (χ0v) is 11.9. The van der Waals surface area contributed by atoms with Gasteiger partial charge in [0.1, 0.15) is 12.2 Å². The highest BCUT2D eigenvalue weighted by molar-refractivity contribution is 6.16. The molecule has 0 fully saturated rings. The Morgan fingerprint density at radius 2 is 2.09 bits per heavy atom. The van der Waals surface area contributed by atoms with Gasteiger partial charge in [-0.1, -0.05) is 36.9 Å². The molecule has 2 aliphatic rings. The molecule has 6 nitrogen and oxygen atoms in total. The number of aliphatic hydroxyl groups is 2. The highest BCUT2D eigenvalue weighted by Crippen LogP contribution is 2.51. The minimum Gasteiger partial charge on any atom is -0.458 e. The summed E-state index contributed by atoms with van der Waals surface area (Å²) in [4.78, 5) is 24.8. The Morgan fingerprint density at radius 1 is 1.41 bits per heavy atom. The van der Waals surface area contributed by atoms with Crippen molar-refractivity contribution < 1.29 is 24.5 Å². The number of benzene rings is 1. The number of ketones is 1. The summed E-state index contributed by atoms with van der Waals surface area (Å²) in [6, 6.07) is 6.29. The minimum absolute atomic E-state index is 0.0642. The van der Waals surface area contributed by atoms with Gasteiger partial charge < -0.3 is 20.3 Å². The van der Waals surface area contributed by atoms with E-state index >= 15 is 0 Å². The van der Waals surface area contributed by atoms with E-state index < -0.39 is 23.1 Å². The number of fused-ring (bicyclic) bond motifs is 3. The first-order valence-electron chi connectivity index (χ1n) is 6.74. The molecule has 0 unspecified atom stereocenters. The zero-order valence-electron chi connectivity index (χ0n) is 11.9. The third-order valence-electron chi connectivity index (χ3n) is 4.06. The topological polar surface area (TPSA) is 95.9 Å². The van der Waals surface area contributed by atoms with Crippen LogP contribution in [0.25, 0.3) is 0 Å². The van der Waals surface area contributed by atoms with Crippen molar-refractivity contribution in [2.75, 3.05) is 6.61 Å². The summed E-state index contributed by atoms with van der Waals surface area (Å²) in [5.41, 5.74) is -4.17. The van der Waals surface area contributed by atoms with E-state index in [1.54, 1.807) is 12.1 Å². The van der Waals surface area contributed by atoms with E-state index in [1.165, 1.54) is 25.1 Å². The van der Waals surface area contributed by atoms with Crippen molar-refractivity contribution >= 4 is 11.8 Å². The number of carbonyl (C=O) groups is 2. The SMILES string of the molecule is C=CCOC(=O)C1=C(C)N[C@]2(O)c3ccccc3C(=O)[C@@]12O. The molecule has 6 heteroatoms. The summed E-state index contributed by atoms with van der Waals surface area (Å²) in [7, 11) is 0. The molecule has 0 amide bonds. The van der Waals surface area contributed by atoms with Crippen LogP contribution in [0.15, 0.2) is 48.2 Å². The molecular formula is C16H15NO5. The molecule has 0 bridgehead atoms. The van der Waals surface area contributed by atoms with Crippen molar-refractivity contribution in [3.8, 4) is 0 Å². The van der Waals surface area contributed by atoms with Gasteiger partial charge in [0, 0.05) is 16.8 Å². The lowest BCUT2D eigenvalue weighted by Crippen LogP contribution is -2.56. The molecule has 1 aliphatic carbocycles. The van der Waals surface area contributed by atoms with Gasteiger partial charge in [0.25, 0.3) is 0 Å². The first-order valence-corrected chi connectivity index (χ1v) is 6.74. The number of ether oxygens (including phenoxy) is 1. The van der Waals surface area contributed by atoms with E-state index in [1.807, 2.05) is 0 Å². The monoisotopic (exact) mass is 301 g/mol. The fraction of sp³-hybridized carbons (Fsp3) is 0.250. The second-order valence-corrected chi connectivity index (χ2v) is 5.31. The van der Waals surface area contributed by atoms with E-state index in [0.29, 0.717) is 0 Å². The maximum atomic E-state index is 12.6. The normalized spacial score (nSPS) is 29.0. The molecule has 1 aromatic carbocycles. The van der Waals surface area contributed by atoms with E-state index in [2.05, 4.69) is 11.9 Å². The van der Waals surface area contributed by atoms with Crippen molar-refractivity contribution in [1.82, 2.24) is 5.32 Å². The fourth-order valence-corrected chi connectivity index (χ4v) is 3.12. The summed E-state index contributed by atoms with van der Waals surface area (Å²) < 4.78 is 4.93. The van der Waals surface area contributed by atoms with Crippen LogP contribution in [0.4, 0.5) is 0 Å². The van der Waals surface area contributed by atoms with Crippen LogP contribution in [0.5, 0.6) is 0 Å². The lowest BCUT2D eigenvalue weighted by Gasteiger charge is -2.31. The summed E-state index contributed by atoms with van der Waals surface area (Å²) in [5.74, 6) is -1.61. The molecule has 1 heterocycles. The third-order valence-corrected chi connectivity index (χ3v) is 4.06. The molecule has 0 saturated heterocycles. The van der Waals surface area contributed by atoms with Gasteiger partial charge in [-0.15, -0.1) is 0 Å². The van der Waals surface area contributed by atoms with Gasteiger partial charge in [0.05, 0.1) is 0 Å². The van der Waals surface area contributed by atoms with Crippen LogP contribution in [0.3, 0.4) is 0 Å². The van der Waals surface area contributed by atoms with Crippen molar-refractivity contribution in [3.63, 3.8) is 0 Å². The number of hydrogen-bond acceptors (Lipinski definition) is 6. The lowest BCUT2D eigenvalue weighted by atomic mass is 9.85. The number of nitrogens with one attached hydrogen (secondary N) is 1. The summed E-state index contributed by atoms with van der Waals surface area (Å²) in [6.07, 6.45) is 1.37. The number of carbonyl (C=O) groups excluding carboxylic acids is 2. The second kappa shape index (κ2) is 4.53. The molecule has 3 rings (SSSR count). The van der Waals surface area contributed by atoms with E-state index in [0.717, 1.165) is 0 Å². The predicted octanol–water partition coefficient (Wildman–Crippen LogP) is 0.366. The molecular weight excluding hydrogens is 286 g/mol. The Balaban J connectivity index is 2.14. The van der Waals surface area contributed by atoms with Crippen molar-refractivity contribution in [2.45, 2.75) is 18.2 Å². The zero-order chi connectivity index (χ0) is 16.1. The third kappa shape index (κ3) is 1.51. The lowest BCUT2D eigenvalue weighted by molar-refractivity contribution is -0.145. The molecule has 3 N–H and O–H groups in total. The van der Waals surface area contributed by atoms with Gasteiger partial charge >= 0.3 is 5.97 Å². The highest BCUT2D eigenvalue weighted by atomic mass is 16.5. The number of hydrogen-bond donors (Lipinski definition) is 3. The first-order chi connectivity index (χ1) is 10.4. The van der Waals surface area contributed by atoms with Crippen molar-refractivity contribution in [1.29, 1.82) is 0 Å². The molecule has 1 aliphatic heterocycles. The van der Waals surface area contributed by atoms with E-state index in [-0.39, 0.29) is 29.0 Å². The van der Waals surface area contributed by atoms with Gasteiger partial charge in [0.2, 0.25) is 17.1 Å². The molecule has 114 valence electrons. The Morgan fingerprint density at radius 3 is 2.77 bits per heavy atom. The molecule has 0 radical (unpaired) electrons. The van der Waals surface area contributed by atoms with Gasteiger partial charge in [-0.3, -0.25) is 4.79 Å². The van der Waals surface area contributed by atoms with Gasteiger partial charge in [-0.25, -0.2) is 4.79 Å². The van der Waals surface area contributed by atoms with Gasteiger partial charge in [0.15, 0.2) is 0 Å². The van der Waals surface area contributed by atoms with Crippen LogP contribution in [-0.2, 0) is 15.3 Å². The molecule has 0 saturated carbocycles. The maximum absolute atomic E-state index is 12.6. The highest BCUT2D eigenvalue weighted by Gasteiger charge is 2.70. The van der Waals surface area contributed by atoms with Crippen LogP contribution in [-0.4, -0.2) is 34.2 Å². The quantitative estimate of drug-likeness (QED) is 0.551. The van der Waals surface area contributed by atoms with Crippen LogP contribution in [0.1, 0.15) is 22.8 Å². The Labute approximate surface area is 126 Å². The largest absolute Gasteiger partial charge is 0.458 e. The number of esters is 1. The van der Waals surface area contributed by atoms with Crippen LogP contribution in [0, 0.1) is 0 Å². The number of allylic oxidation sites excluding steroid dienone is 1. The molecule has 0 spiro atoms. The van der Waals surface area contributed by atoms with Crippen LogP contribution >= 0.6 is 0 Å². The van der Waals surface area contributed by atoms with Crippen LogP contribution in [0.2, 0.25) is 0 Å². The second-order valence-electron chi connectivity index (χ2n) is 5.31. The minimum atomic E-state index is -2.40. The standard InChI is InChI=1S/C16H15NO5/c1-3-8-22-14(19)12-9(2)17-16(21)11-7-5-4-6-10(11)13(18)15(12,16)20/h3-7,17,20-21H,1,8H2,2H3/t15-,16-/m0/s1. The summed E-state index contributed by atoms with van der Waals surface area (Å²) in [6.45, 7) is 4.87. The average molecular weight is 301 g/mol. The molecule has 1 aromatic rings. The van der Waals surface area contributed by atoms with Crippen molar-refractivity contribution in [2.24, 2.45) is 0 Å². The predicted molar refractivity (Wildman–Crippen MR) is 76.6 cm³/mol. The van der Waals surface area contributed by atoms with Crippen LogP contribution < -0.4 is 5.32 Å². The molecule has 0 aromatic heterocycles. The van der Waals surface area contributed by atoms with E-state index in [9.17, 15) is 19.8 Å². The fourth-order valence-electron chi connectivity index (χ4n) is 3.12. The Bertz CT molecular complexity index is 738. The maximum Gasteiger partial charge on any atom is 0.339 e. The van der Waals surface area contributed by atoms with E-state index in [4.69, 9.17) is 4.74 Å². The number of rotatable bonds is 3. The molecule has 2 atom stereocenters. The summed E-state index contributed by atoms with van der Waals surface area (Å²) >= 11 is 0. The molecule has 22 heavy (non-hydrogen) atoms. The number of Topliss-reactive ketones (excluding diaryl/α,β-unsaturated/α-hetero) is 1. The Kier molecular flexibility index (Phi) is 2.98.